The van der Waals surface area contributed by atoms with Crippen LogP contribution in [0, 0.1) is 0 Å². The molecular formula is C18H23NO4S. The predicted molar refractivity (Wildman–Crippen MR) is 94.3 cm³/mol. The number of sulfonamides is 1. The Balaban J connectivity index is 2.09. The largest absolute Gasteiger partial charge is 0.496 e. The van der Waals surface area contributed by atoms with Crippen LogP contribution in [-0.4, -0.2) is 29.2 Å². The van der Waals surface area contributed by atoms with E-state index in [0.717, 1.165) is 16.9 Å². The molecule has 0 aliphatic carbocycles. The molecule has 0 bridgehead atoms. The molecule has 0 spiro atoms. The SMILES string of the molecule is CCc1cc(S(=O)(=O)NCCc2ccccc2OC)ccc1OC. The van der Waals surface area contributed by atoms with Crippen LogP contribution in [0.2, 0.25) is 0 Å². The minimum atomic E-state index is -3.55. The molecule has 0 saturated heterocycles. The van der Waals surface area contributed by atoms with Crippen LogP contribution < -0.4 is 14.2 Å². The number of rotatable bonds is 8. The molecule has 0 saturated carbocycles. The lowest BCUT2D eigenvalue weighted by Gasteiger charge is -2.12. The third kappa shape index (κ3) is 4.27. The van der Waals surface area contributed by atoms with E-state index in [4.69, 9.17) is 9.47 Å². The highest BCUT2D eigenvalue weighted by Gasteiger charge is 2.16. The Morgan fingerprint density at radius 2 is 1.62 bits per heavy atom. The summed E-state index contributed by atoms with van der Waals surface area (Å²) >= 11 is 0. The van der Waals surface area contributed by atoms with Gasteiger partial charge in [-0.2, -0.15) is 0 Å². The number of hydrogen-bond acceptors (Lipinski definition) is 4. The number of hydrogen-bond donors (Lipinski definition) is 1. The number of ether oxygens (including phenoxy) is 2. The fourth-order valence-electron chi connectivity index (χ4n) is 2.51. The zero-order valence-corrected chi connectivity index (χ0v) is 15.0. The molecule has 6 heteroatoms. The summed E-state index contributed by atoms with van der Waals surface area (Å²) in [4.78, 5) is 0.250. The zero-order chi connectivity index (χ0) is 17.6. The van der Waals surface area contributed by atoms with Gasteiger partial charge in [-0.3, -0.25) is 0 Å². The summed E-state index contributed by atoms with van der Waals surface area (Å²) in [5.74, 6) is 1.46. The van der Waals surface area contributed by atoms with E-state index in [-0.39, 0.29) is 4.90 Å². The standard InChI is InChI=1S/C18H23NO4S/c1-4-14-13-16(9-10-18(14)23-3)24(20,21)19-12-11-15-7-5-6-8-17(15)22-2/h5-10,13,19H,4,11-12H2,1-3H3. The van der Waals surface area contributed by atoms with Gasteiger partial charge in [0, 0.05) is 6.54 Å². The lowest BCUT2D eigenvalue weighted by atomic mass is 10.1. The van der Waals surface area contributed by atoms with Gasteiger partial charge in [0.05, 0.1) is 19.1 Å². The lowest BCUT2D eigenvalue weighted by molar-refractivity contribution is 0.409. The second-order valence-corrected chi connectivity index (χ2v) is 7.05. The summed E-state index contributed by atoms with van der Waals surface area (Å²) in [5.41, 5.74) is 1.83. The topological polar surface area (TPSA) is 64.6 Å². The Hall–Kier alpha value is -2.05. The van der Waals surface area contributed by atoms with Crippen molar-refractivity contribution in [3.8, 4) is 11.5 Å². The van der Waals surface area contributed by atoms with E-state index in [2.05, 4.69) is 4.72 Å². The quantitative estimate of drug-likeness (QED) is 0.796. The Kier molecular flexibility index (Phi) is 6.23. The Morgan fingerprint density at radius 1 is 0.958 bits per heavy atom. The van der Waals surface area contributed by atoms with Gasteiger partial charge in [0.1, 0.15) is 11.5 Å². The van der Waals surface area contributed by atoms with E-state index in [1.165, 1.54) is 0 Å². The summed E-state index contributed by atoms with van der Waals surface area (Å²) in [5, 5.41) is 0. The highest BCUT2D eigenvalue weighted by atomic mass is 32.2. The van der Waals surface area contributed by atoms with Crippen molar-refractivity contribution in [3.63, 3.8) is 0 Å². The first-order chi connectivity index (χ1) is 11.5. The van der Waals surface area contributed by atoms with Crippen LogP contribution in [0.1, 0.15) is 18.1 Å². The van der Waals surface area contributed by atoms with Gasteiger partial charge in [0.15, 0.2) is 0 Å². The minimum Gasteiger partial charge on any atom is -0.496 e. The molecule has 5 nitrogen and oxygen atoms in total. The minimum absolute atomic E-state index is 0.250. The summed E-state index contributed by atoms with van der Waals surface area (Å²) in [6.45, 7) is 2.26. The van der Waals surface area contributed by atoms with Crippen LogP contribution in [0.3, 0.4) is 0 Å². The van der Waals surface area contributed by atoms with Gasteiger partial charge < -0.3 is 9.47 Å². The molecule has 0 heterocycles. The van der Waals surface area contributed by atoms with Gasteiger partial charge in [-0.25, -0.2) is 13.1 Å². The fourth-order valence-corrected chi connectivity index (χ4v) is 3.59. The molecular weight excluding hydrogens is 326 g/mol. The van der Waals surface area contributed by atoms with Crippen molar-refractivity contribution in [2.45, 2.75) is 24.7 Å². The van der Waals surface area contributed by atoms with E-state index >= 15 is 0 Å². The molecule has 1 N–H and O–H groups in total. The normalized spacial score (nSPS) is 11.3. The molecule has 0 aliphatic rings. The number of nitrogens with one attached hydrogen (secondary N) is 1. The van der Waals surface area contributed by atoms with Crippen molar-refractivity contribution in [2.24, 2.45) is 0 Å². The molecule has 2 rings (SSSR count). The van der Waals surface area contributed by atoms with Gasteiger partial charge in [0.25, 0.3) is 0 Å². The van der Waals surface area contributed by atoms with E-state index in [9.17, 15) is 8.42 Å². The molecule has 0 amide bonds. The Labute approximate surface area is 143 Å². The van der Waals surface area contributed by atoms with Crippen molar-refractivity contribution in [1.29, 1.82) is 0 Å². The summed E-state index contributed by atoms with van der Waals surface area (Å²) in [6.07, 6.45) is 1.26. The lowest BCUT2D eigenvalue weighted by Crippen LogP contribution is -2.26. The number of para-hydroxylation sites is 1. The zero-order valence-electron chi connectivity index (χ0n) is 14.2. The number of methoxy groups -OCH3 is 2. The van der Waals surface area contributed by atoms with E-state index in [1.807, 2.05) is 31.2 Å². The van der Waals surface area contributed by atoms with Crippen LogP contribution in [0.5, 0.6) is 11.5 Å². The summed E-state index contributed by atoms with van der Waals surface area (Å²) in [6, 6.07) is 12.5. The molecule has 0 atom stereocenters. The first-order valence-electron chi connectivity index (χ1n) is 7.80. The van der Waals surface area contributed by atoms with Gasteiger partial charge in [0.2, 0.25) is 10.0 Å². The van der Waals surface area contributed by atoms with Crippen LogP contribution in [0.15, 0.2) is 47.4 Å². The first kappa shape index (κ1) is 18.3. The molecule has 24 heavy (non-hydrogen) atoms. The molecule has 0 aromatic heterocycles. The molecule has 0 unspecified atom stereocenters. The molecule has 130 valence electrons. The average Bonchev–Trinajstić information content (AvgIpc) is 2.61. The molecule has 2 aromatic carbocycles. The summed E-state index contributed by atoms with van der Waals surface area (Å²) in [7, 11) is -0.373. The number of aryl methyl sites for hydroxylation is 1. The van der Waals surface area contributed by atoms with Gasteiger partial charge >= 0.3 is 0 Å². The smallest absolute Gasteiger partial charge is 0.240 e. The highest BCUT2D eigenvalue weighted by Crippen LogP contribution is 2.23. The van der Waals surface area contributed by atoms with Gasteiger partial charge in [-0.1, -0.05) is 25.1 Å². The molecule has 2 aromatic rings. The van der Waals surface area contributed by atoms with Crippen LogP contribution in [0.25, 0.3) is 0 Å². The maximum atomic E-state index is 12.5. The maximum Gasteiger partial charge on any atom is 0.240 e. The third-order valence-electron chi connectivity index (χ3n) is 3.82. The highest BCUT2D eigenvalue weighted by molar-refractivity contribution is 7.89. The average molecular weight is 349 g/mol. The Morgan fingerprint density at radius 3 is 2.29 bits per heavy atom. The molecule has 0 fully saturated rings. The second kappa shape index (κ2) is 8.17. The van der Waals surface area contributed by atoms with E-state index < -0.39 is 10.0 Å². The van der Waals surface area contributed by atoms with Crippen LogP contribution >= 0.6 is 0 Å². The molecule has 0 radical (unpaired) electrons. The van der Waals surface area contributed by atoms with Crippen LogP contribution in [0.4, 0.5) is 0 Å². The van der Waals surface area contributed by atoms with Crippen molar-refractivity contribution < 1.29 is 17.9 Å². The predicted octanol–water partition coefficient (Wildman–Crippen LogP) is 2.79. The van der Waals surface area contributed by atoms with Gasteiger partial charge in [-0.15, -0.1) is 0 Å². The van der Waals surface area contributed by atoms with Crippen molar-refractivity contribution >= 4 is 10.0 Å². The third-order valence-corrected chi connectivity index (χ3v) is 5.28. The molecule has 0 aliphatic heterocycles. The van der Waals surface area contributed by atoms with Crippen molar-refractivity contribution in [1.82, 2.24) is 4.72 Å². The van der Waals surface area contributed by atoms with E-state index in [1.54, 1.807) is 32.4 Å². The monoisotopic (exact) mass is 349 g/mol. The van der Waals surface area contributed by atoms with Crippen LogP contribution in [-0.2, 0) is 22.9 Å². The maximum absolute atomic E-state index is 12.5. The van der Waals surface area contributed by atoms with Crippen molar-refractivity contribution in [3.05, 3.63) is 53.6 Å². The fraction of sp³-hybridized carbons (Fsp3) is 0.333. The Bertz CT molecular complexity index is 787. The van der Waals surface area contributed by atoms with Gasteiger partial charge in [-0.05, 0) is 48.2 Å². The number of benzene rings is 2. The van der Waals surface area contributed by atoms with Crippen molar-refractivity contribution in [2.75, 3.05) is 20.8 Å². The van der Waals surface area contributed by atoms with E-state index in [0.29, 0.717) is 25.1 Å². The summed E-state index contributed by atoms with van der Waals surface area (Å²) < 4.78 is 38.1. The second-order valence-electron chi connectivity index (χ2n) is 5.29. The first-order valence-corrected chi connectivity index (χ1v) is 9.28.